The van der Waals surface area contributed by atoms with Crippen molar-refractivity contribution in [2.24, 2.45) is 5.41 Å². The van der Waals surface area contributed by atoms with Crippen LogP contribution in [0.5, 0.6) is 0 Å². The van der Waals surface area contributed by atoms with Crippen LogP contribution in [-0.4, -0.2) is 29.7 Å². The van der Waals surface area contributed by atoms with Crippen molar-refractivity contribution < 1.29 is 0 Å². The first-order chi connectivity index (χ1) is 12.2. The molecule has 0 radical (unpaired) electrons. The van der Waals surface area contributed by atoms with Gasteiger partial charge < -0.3 is 4.90 Å². The van der Waals surface area contributed by atoms with Crippen molar-refractivity contribution in [1.82, 2.24) is 4.31 Å². The first kappa shape index (κ1) is 16.5. The molecule has 2 aromatic rings. The van der Waals surface area contributed by atoms with Crippen molar-refractivity contribution in [1.29, 1.82) is 0 Å². The summed E-state index contributed by atoms with van der Waals surface area (Å²) in [6, 6.07) is 16.2. The summed E-state index contributed by atoms with van der Waals surface area (Å²) < 4.78 is 3.87. The van der Waals surface area contributed by atoms with Crippen molar-refractivity contribution in [2.45, 2.75) is 35.1 Å². The number of thioether (sulfide) groups is 1. The fraction of sp³-hybridized carbons (Fsp3) is 0.400. The molecule has 5 rings (SSSR count). The molecule has 1 aliphatic carbocycles. The first-order valence-corrected chi connectivity index (χ1v) is 11.6. The van der Waals surface area contributed by atoms with Gasteiger partial charge in [0.25, 0.3) is 0 Å². The minimum atomic E-state index is 0.633. The predicted octanol–water partition coefficient (Wildman–Crippen LogP) is 6.18. The first-order valence-electron chi connectivity index (χ1n) is 8.82. The van der Waals surface area contributed by atoms with E-state index in [9.17, 15) is 0 Å². The highest BCUT2D eigenvalue weighted by Crippen LogP contribution is 2.58. The highest BCUT2D eigenvalue weighted by molar-refractivity contribution is 9.10. The Morgan fingerprint density at radius 1 is 1.20 bits per heavy atom. The average molecular weight is 433 g/mol. The molecule has 0 N–H and O–H groups in total. The predicted molar refractivity (Wildman–Crippen MR) is 112 cm³/mol. The molecule has 1 spiro atoms. The minimum Gasteiger partial charge on any atom is -0.339 e. The Kier molecular flexibility index (Phi) is 4.12. The van der Waals surface area contributed by atoms with Crippen molar-refractivity contribution in [3.63, 3.8) is 0 Å². The largest absolute Gasteiger partial charge is 0.339 e. The van der Waals surface area contributed by atoms with Crippen molar-refractivity contribution in [2.75, 3.05) is 24.2 Å². The molecule has 25 heavy (non-hydrogen) atoms. The second-order valence-electron chi connectivity index (χ2n) is 7.43. The van der Waals surface area contributed by atoms with Gasteiger partial charge in [0.05, 0.1) is 5.69 Å². The quantitative estimate of drug-likeness (QED) is 0.412. The highest BCUT2D eigenvalue weighted by atomic mass is 79.9. The molecule has 0 bridgehead atoms. The Morgan fingerprint density at radius 3 is 2.72 bits per heavy atom. The van der Waals surface area contributed by atoms with Gasteiger partial charge in [-0.3, -0.25) is 0 Å². The summed E-state index contributed by atoms with van der Waals surface area (Å²) in [6.45, 7) is 2.34. The molecule has 1 atom stereocenters. The number of rotatable bonds is 2. The number of nitrogens with zero attached hydrogens (tertiary/aromatic N) is 2. The average Bonchev–Trinajstić information content (AvgIpc) is 3.32. The molecule has 0 amide bonds. The molecule has 1 saturated heterocycles. The lowest BCUT2D eigenvalue weighted by atomic mass is 10.0. The van der Waals surface area contributed by atoms with Crippen LogP contribution in [0.1, 0.15) is 19.3 Å². The summed E-state index contributed by atoms with van der Waals surface area (Å²) in [6.07, 6.45) is 6.36. The van der Waals surface area contributed by atoms with Gasteiger partial charge in [-0.05, 0) is 83.1 Å². The van der Waals surface area contributed by atoms with Crippen LogP contribution < -0.4 is 4.90 Å². The van der Waals surface area contributed by atoms with Crippen LogP contribution in [0.15, 0.2) is 56.7 Å². The zero-order valence-corrected chi connectivity index (χ0v) is 17.5. The van der Waals surface area contributed by atoms with Gasteiger partial charge in [-0.2, -0.15) is 0 Å². The van der Waals surface area contributed by atoms with Gasteiger partial charge in [0.2, 0.25) is 0 Å². The molecular weight excluding hydrogens is 412 g/mol. The smallest absolute Gasteiger partial charge is 0.0574 e. The van der Waals surface area contributed by atoms with Gasteiger partial charge in [0.1, 0.15) is 0 Å². The van der Waals surface area contributed by atoms with Gasteiger partial charge in [-0.25, -0.2) is 4.31 Å². The zero-order valence-electron chi connectivity index (χ0n) is 14.2. The SMILES string of the molecule is CSc1cc2c(cc1Br)SN1CC3(CC3)CC1CN2c1ccccc1. The summed E-state index contributed by atoms with van der Waals surface area (Å²) in [5.74, 6) is 0. The lowest BCUT2D eigenvalue weighted by Crippen LogP contribution is -2.32. The van der Waals surface area contributed by atoms with E-state index < -0.39 is 0 Å². The molecule has 1 saturated carbocycles. The van der Waals surface area contributed by atoms with Crippen LogP contribution >= 0.6 is 39.6 Å². The van der Waals surface area contributed by atoms with E-state index in [1.54, 1.807) is 11.8 Å². The maximum absolute atomic E-state index is 3.77. The molecule has 5 heteroatoms. The molecule has 1 unspecified atom stereocenters. The number of hydrogen-bond acceptors (Lipinski definition) is 4. The lowest BCUT2D eigenvalue weighted by Gasteiger charge is -2.28. The monoisotopic (exact) mass is 432 g/mol. The Bertz CT molecular complexity index is 807. The van der Waals surface area contributed by atoms with Crippen LogP contribution in [0.3, 0.4) is 0 Å². The third-order valence-electron chi connectivity index (χ3n) is 5.73. The number of halogens is 1. The fourth-order valence-corrected chi connectivity index (χ4v) is 6.96. The van der Waals surface area contributed by atoms with E-state index >= 15 is 0 Å². The summed E-state index contributed by atoms with van der Waals surface area (Å²) in [7, 11) is 0. The molecule has 2 aliphatic heterocycles. The van der Waals surface area contributed by atoms with E-state index in [0.29, 0.717) is 11.5 Å². The Labute approximate surface area is 166 Å². The van der Waals surface area contributed by atoms with Crippen molar-refractivity contribution in [3.05, 3.63) is 46.9 Å². The molecule has 2 heterocycles. The van der Waals surface area contributed by atoms with Gasteiger partial charge >= 0.3 is 0 Å². The van der Waals surface area contributed by atoms with Gasteiger partial charge in [0.15, 0.2) is 0 Å². The van der Waals surface area contributed by atoms with Gasteiger partial charge in [0, 0.05) is 39.1 Å². The second kappa shape index (κ2) is 6.22. The molecule has 2 aromatic carbocycles. The Morgan fingerprint density at radius 2 is 2.00 bits per heavy atom. The number of para-hydroxylation sites is 1. The van der Waals surface area contributed by atoms with Crippen molar-refractivity contribution in [3.8, 4) is 0 Å². The number of fused-ring (bicyclic) bond motifs is 2. The number of hydrogen-bond donors (Lipinski definition) is 0. The maximum atomic E-state index is 3.77. The molecule has 2 fully saturated rings. The molecular formula is C20H21BrN2S2. The van der Waals surface area contributed by atoms with Crippen molar-refractivity contribution >= 4 is 51.0 Å². The Balaban J connectivity index is 1.62. The second-order valence-corrected chi connectivity index (χ2v) is 10.2. The number of anilines is 2. The van der Waals surface area contributed by atoms with Crippen LogP contribution in [0.25, 0.3) is 0 Å². The van der Waals surface area contributed by atoms with Gasteiger partial charge in [-0.1, -0.05) is 18.2 Å². The highest BCUT2D eigenvalue weighted by Gasteiger charge is 2.53. The topological polar surface area (TPSA) is 6.48 Å². The van der Waals surface area contributed by atoms with Crippen LogP contribution in [0.2, 0.25) is 0 Å². The summed E-state index contributed by atoms with van der Waals surface area (Å²) in [4.78, 5) is 5.22. The van der Waals surface area contributed by atoms with Crippen LogP contribution in [-0.2, 0) is 0 Å². The normalized spacial score (nSPS) is 24.1. The van der Waals surface area contributed by atoms with E-state index in [0.717, 1.165) is 6.54 Å². The standard InChI is InChI=1S/C20H21BrN2S2/c1-24-18-10-17-19(9-16(18)21)25-23-13-20(7-8-20)11-15(23)12-22(17)14-5-3-2-4-6-14/h2-6,9-10,15H,7-8,11-13H2,1H3. The maximum Gasteiger partial charge on any atom is 0.0574 e. The molecule has 3 aliphatic rings. The van der Waals surface area contributed by atoms with E-state index in [1.165, 1.54) is 51.4 Å². The third-order valence-corrected chi connectivity index (χ3v) is 8.61. The molecule has 0 aromatic heterocycles. The third kappa shape index (κ3) is 2.93. The van der Waals surface area contributed by atoms with E-state index in [4.69, 9.17) is 0 Å². The lowest BCUT2D eigenvalue weighted by molar-refractivity contribution is 0.443. The summed E-state index contributed by atoms with van der Waals surface area (Å²) in [5, 5.41) is 0. The minimum absolute atomic E-state index is 0.633. The molecule has 130 valence electrons. The fourth-order valence-electron chi connectivity index (χ4n) is 4.18. The van der Waals surface area contributed by atoms with E-state index in [2.05, 4.69) is 73.9 Å². The summed E-state index contributed by atoms with van der Waals surface area (Å²) in [5.41, 5.74) is 3.29. The summed E-state index contributed by atoms with van der Waals surface area (Å²) >= 11 is 7.56. The van der Waals surface area contributed by atoms with Crippen LogP contribution in [0, 0.1) is 5.41 Å². The zero-order chi connectivity index (χ0) is 17.0. The molecule has 2 nitrogen and oxygen atoms in total. The van der Waals surface area contributed by atoms with E-state index in [1.807, 2.05) is 11.9 Å². The Hall–Kier alpha value is -0.620. The number of benzene rings is 2. The van der Waals surface area contributed by atoms with Crippen LogP contribution in [0.4, 0.5) is 11.4 Å². The van der Waals surface area contributed by atoms with E-state index in [-0.39, 0.29) is 0 Å². The van der Waals surface area contributed by atoms with Gasteiger partial charge in [-0.15, -0.1) is 11.8 Å².